The topological polar surface area (TPSA) is 74.5 Å². The van der Waals surface area contributed by atoms with E-state index in [-0.39, 0.29) is 18.5 Å². The Morgan fingerprint density at radius 2 is 1.88 bits per heavy atom. The fourth-order valence-corrected chi connectivity index (χ4v) is 2.23. The van der Waals surface area contributed by atoms with Gasteiger partial charge < -0.3 is 13.9 Å². The van der Waals surface area contributed by atoms with Gasteiger partial charge in [0.1, 0.15) is 6.61 Å². The maximum Gasteiger partial charge on any atom is 0.396 e. The molecule has 2 heterocycles. The van der Waals surface area contributed by atoms with Crippen molar-refractivity contribution in [2.75, 3.05) is 6.61 Å². The number of aryl methyl sites for hydroxylation is 1. The zero-order chi connectivity index (χ0) is 17.1. The van der Waals surface area contributed by atoms with Crippen molar-refractivity contribution in [1.82, 2.24) is 9.97 Å². The number of oxazole rings is 1. The number of carbonyl (C=O) groups is 1. The number of rotatable bonds is 6. The molecule has 0 unspecified atom stereocenters. The van der Waals surface area contributed by atoms with Crippen LogP contribution in [0.4, 0.5) is 0 Å². The number of hydrogen-bond acceptors (Lipinski definition) is 6. The van der Waals surface area contributed by atoms with E-state index < -0.39 is 0 Å². The Kier molecular flexibility index (Phi) is 4.46. The summed E-state index contributed by atoms with van der Waals surface area (Å²) in [7, 11) is 0. The van der Waals surface area contributed by atoms with Crippen LogP contribution in [0.1, 0.15) is 23.7 Å². The van der Waals surface area contributed by atoms with E-state index in [1.54, 1.807) is 0 Å². The normalized spacial score (nSPS) is 10.8. The van der Waals surface area contributed by atoms with E-state index in [2.05, 4.69) is 9.97 Å². The lowest BCUT2D eigenvalue weighted by atomic mass is 10.2. The number of aromatic nitrogens is 2. The number of carbonyl (C=O) groups excluding carboxylic acids is 1. The van der Waals surface area contributed by atoms with Gasteiger partial charge in [-0.1, -0.05) is 30.3 Å². The van der Waals surface area contributed by atoms with Crippen molar-refractivity contribution < 1.29 is 18.7 Å². The van der Waals surface area contributed by atoms with Crippen molar-refractivity contribution in [2.45, 2.75) is 27.4 Å². The highest BCUT2D eigenvalue weighted by Crippen LogP contribution is 2.32. The largest absolute Gasteiger partial charge is 0.486 e. The lowest BCUT2D eigenvalue weighted by molar-refractivity contribution is -0.119. The molecule has 6 nitrogen and oxygen atoms in total. The van der Waals surface area contributed by atoms with Crippen molar-refractivity contribution >= 4 is 17.0 Å². The standard InChI is InChI=1S/C18H18N2O4/c1-11(21)9-23-18-20-15-16(12(2)13(3)19-17(15)24-18)22-10-14-7-5-4-6-8-14/h4-8H,9-10H2,1-3H3. The summed E-state index contributed by atoms with van der Waals surface area (Å²) in [6.07, 6.45) is 0.0160. The fraction of sp³-hybridized carbons (Fsp3) is 0.278. The molecule has 6 heteroatoms. The third-order valence-electron chi connectivity index (χ3n) is 3.58. The molecule has 0 radical (unpaired) electrons. The van der Waals surface area contributed by atoms with Crippen LogP contribution in [0.5, 0.6) is 11.8 Å². The first-order valence-electron chi connectivity index (χ1n) is 7.61. The molecule has 2 aromatic heterocycles. The van der Waals surface area contributed by atoms with E-state index >= 15 is 0 Å². The van der Waals surface area contributed by atoms with Gasteiger partial charge in [-0.15, -0.1) is 0 Å². The van der Waals surface area contributed by atoms with E-state index in [4.69, 9.17) is 13.9 Å². The molecule has 124 valence electrons. The molecule has 0 saturated carbocycles. The second kappa shape index (κ2) is 6.70. The number of Topliss-reactive ketones (excluding diaryl/α,β-unsaturated/α-hetero) is 1. The van der Waals surface area contributed by atoms with Crippen LogP contribution in [0, 0.1) is 13.8 Å². The van der Waals surface area contributed by atoms with Crippen LogP contribution in [-0.4, -0.2) is 22.4 Å². The second-order valence-electron chi connectivity index (χ2n) is 5.55. The highest BCUT2D eigenvalue weighted by molar-refractivity contribution is 5.79. The zero-order valence-corrected chi connectivity index (χ0v) is 13.8. The van der Waals surface area contributed by atoms with Crippen LogP contribution in [0.15, 0.2) is 34.7 Å². The number of nitrogens with zero attached hydrogens (tertiary/aromatic N) is 2. The van der Waals surface area contributed by atoms with E-state index in [0.29, 0.717) is 23.6 Å². The molecule has 0 amide bonds. The Morgan fingerprint density at radius 1 is 1.12 bits per heavy atom. The Hall–Kier alpha value is -2.89. The first-order valence-corrected chi connectivity index (χ1v) is 7.61. The summed E-state index contributed by atoms with van der Waals surface area (Å²) < 4.78 is 16.7. The monoisotopic (exact) mass is 326 g/mol. The van der Waals surface area contributed by atoms with Gasteiger partial charge in [0.25, 0.3) is 5.71 Å². The highest BCUT2D eigenvalue weighted by atomic mass is 16.6. The van der Waals surface area contributed by atoms with Crippen molar-refractivity contribution in [2.24, 2.45) is 0 Å². The highest BCUT2D eigenvalue weighted by Gasteiger charge is 2.18. The molecule has 1 aromatic carbocycles. The van der Waals surface area contributed by atoms with Crippen LogP contribution in [0.2, 0.25) is 0 Å². The summed E-state index contributed by atoms with van der Waals surface area (Å²) in [6.45, 7) is 5.56. The number of pyridine rings is 1. The van der Waals surface area contributed by atoms with Crippen molar-refractivity contribution in [3.05, 3.63) is 47.2 Å². The Balaban J connectivity index is 1.92. The molecule has 0 bridgehead atoms. The van der Waals surface area contributed by atoms with Gasteiger partial charge in [-0.3, -0.25) is 4.79 Å². The molecule has 3 rings (SSSR count). The summed E-state index contributed by atoms with van der Waals surface area (Å²) in [5, 5.41) is 0. The summed E-state index contributed by atoms with van der Waals surface area (Å²) in [5.41, 5.74) is 3.56. The summed E-state index contributed by atoms with van der Waals surface area (Å²) in [5.74, 6) is 0.501. The van der Waals surface area contributed by atoms with Crippen molar-refractivity contribution in [1.29, 1.82) is 0 Å². The molecule has 0 aliphatic heterocycles. The number of hydrogen-bond donors (Lipinski definition) is 0. The Bertz CT molecular complexity index is 872. The molecule has 0 atom stereocenters. The minimum Gasteiger partial charge on any atom is -0.486 e. The second-order valence-corrected chi connectivity index (χ2v) is 5.55. The average Bonchev–Trinajstić information content (AvgIpc) is 2.97. The predicted molar refractivity (Wildman–Crippen MR) is 88.2 cm³/mol. The van der Waals surface area contributed by atoms with Crippen LogP contribution in [0.3, 0.4) is 0 Å². The molecule has 0 spiro atoms. The molecule has 0 aliphatic rings. The third kappa shape index (κ3) is 3.37. The van der Waals surface area contributed by atoms with Crippen LogP contribution in [0.25, 0.3) is 11.2 Å². The first-order chi connectivity index (χ1) is 11.5. The maximum absolute atomic E-state index is 11.0. The van der Waals surface area contributed by atoms with Gasteiger partial charge >= 0.3 is 6.08 Å². The van der Waals surface area contributed by atoms with Gasteiger partial charge in [0.05, 0.1) is 0 Å². The minimum absolute atomic E-state index is 0.0160. The van der Waals surface area contributed by atoms with Crippen LogP contribution >= 0.6 is 0 Å². The molecule has 0 saturated heterocycles. The predicted octanol–water partition coefficient (Wildman–Crippen LogP) is 3.39. The Morgan fingerprint density at radius 3 is 2.58 bits per heavy atom. The molecular formula is C18H18N2O4. The fourth-order valence-electron chi connectivity index (χ4n) is 2.23. The molecule has 3 aromatic rings. The molecular weight excluding hydrogens is 308 g/mol. The summed E-state index contributed by atoms with van der Waals surface area (Å²) in [6, 6.07) is 9.86. The zero-order valence-electron chi connectivity index (χ0n) is 13.8. The maximum atomic E-state index is 11.0. The van der Waals surface area contributed by atoms with E-state index in [0.717, 1.165) is 16.8 Å². The number of ketones is 1. The number of fused-ring (bicyclic) bond motifs is 1. The van der Waals surface area contributed by atoms with Crippen molar-refractivity contribution in [3.63, 3.8) is 0 Å². The third-order valence-corrected chi connectivity index (χ3v) is 3.58. The van der Waals surface area contributed by atoms with Crippen LogP contribution < -0.4 is 9.47 Å². The van der Waals surface area contributed by atoms with E-state index in [9.17, 15) is 4.79 Å². The van der Waals surface area contributed by atoms with E-state index in [1.807, 2.05) is 44.2 Å². The molecule has 24 heavy (non-hydrogen) atoms. The lowest BCUT2D eigenvalue weighted by Gasteiger charge is -2.10. The Labute approximate surface area is 139 Å². The minimum atomic E-state index is -0.113. The summed E-state index contributed by atoms with van der Waals surface area (Å²) >= 11 is 0. The molecule has 0 fully saturated rings. The van der Waals surface area contributed by atoms with Gasteiger partial charge in [-0.25, -0.2) is 4.98 Å². The average molecular weight is 326 g/mol. The van der Waals surface area contributed by atoms with E-state index in [1.165, 1.54) is 6.92 Å². The van der Waals surface area contributed by atoms with Crippen molar-refractivity contribution in [3.8, 4) is 11.8 Å². The van der Waals surface area contributed by atoms with Gasteiger partial charge in [0.2, 0.25) is 0 Å². The van der Waals surface area contributed by atoms with Gasteiger partial charge in [-0.05, 0) is 26.3 Å². The first kappa shape index (κ1) is 16.0. The number of ether oxygens (including phenoxy) is 2. The quantitative estimate of drug-likeness (QED) is 0.691. The lowest BCUT2D eigenvalue weighted by Crippen LogP contribution is -2.06. The van der Waals surface area contributed by atoms with Gasteiger partial charge in [-0.2, -0.15) is 4.98 Å². The number of benzene rings is 1. The van der Waals surface area contributed by atoms with Gasteiger partial charge in [0.15, 0.2) is 23.7 Å². The SMILES string of the molecule is CC(=O)COc1nc2c(OCc3ccccc3)c(C)c(C)nc2o1. The smallest absolute Gasteiger partial charge is 0.396 e. The summed E-state index contributed by atoms with van der Waals surface area (Å²) in [4.78, 5) is 19.7. The molecule has 0 aliphatic carbocycles. The van der Waals surface area contributed by atoms with Gasteiger partial charge in [0, 0.05) is 11.3 Å². The van der Waals surface area contributed by atoms with Crippen LogP contribution in [-0.2, 0) is 11.4 Å². The molecule has 0 N–H and O–H groups in total.